The number of carbonyl (C=O) groups excluding carboxylic acids is 2. The molecule has 0 unspecified atom stereocenters. The molecule has 15 heavy (non-hydrogen) atoms. The Morgan fingerprint density at radius 1 is 1.40 bits per heavy atom. The van der Waals surface area contributed by atoms with Gasteiger partial charge in [-0.25, -0.2) is 0 Å². The van der Waals surface area contributed by atoms with Gasteiger partial charge in [-0.05, 0) is 17.7 Å². The number of methoxy groups -OCH3 is 1. The minimum atomic E-state index is -0.479. The van der Waals surface area contributed by atoms with Crippen LogP contribution in [-0.4, -0.2) is 19.0 Å². The third kappa shape index (κ3) is 1.83. The lowest BCUT2D eigenvalue weighted by Gasteiger charge is -2.06. The third-order valence-corrected chi connectivity index (χ3v) is 2.37. The van der Waals surface area contributed by atoms with Crippen LogP contribution in [-0.2, 0) is 14.3 Å². The highest BCUT2D eigenvalue weighted by Gasteiger charge is 2.34. The fourth-order valence-electron chi connectivity index (χ4n) is 1.59. The summed E-state index contributed by atoms with van der Waals surface area (Å²) < 4.78 is 9.52. The fourth-order valence-corrected chi connectivity index (χ4v) is 1.59. The summed E-state index contributed by atoms with van der Waals surface area (Å²) in [7, 11) is 1.55. The maximum absolute atomic E-state index is 11.3. The van der Waals surface area contributed by atoms with Gasteiger partial charge in [0.2, 0.25) is 0 Å². The highest BCUT2D eigenvalue weighted by atomic mass is 16.6. The van der Waals surface area contributed by atoms with Crippen LogP contribution in [0.3, 0.4) is 0 Å². The molecule has 0 aliphatic carbocycles. The first-order valence-electron chi connectivity index (χ1n) is 4.59. The van der Waals surface area contributed by atoms with Crippen molar-refractivity contribution in [3.05, 3.63) is 29.8 Å². The number of carbonyl (C=O) groups is 2. The number of rotatable bonds is 2. The van der Waals surface area contributed by atoms with Crippen LogP contribution in [0.5, 0.6) is 5.75 Å². The van der Waals surface area contributed by atoms with Crippen molar-refractivity contribution in [2.45, 2.75) is 12.3 Å². The summed E-state index contributed by atoms with van der Waals surface area (Å²) in [5, 5.41) is 0. The maximum atomic E-state index is 11.3. The number of cyclic esters (lactones) is 2. The van der Waals surface area contributed by atoms with E-state index < -0.39 is 17.9 Å². The Hall–Kier alpha value is -1.84. The zero-order chi connectivity index (χ0) is 10.8. The molecule has 4 heteroatoms. The van der Waals surface area contributed by atoms with E-state index in [1.807, 2.05) is 0 Å². The second-order valence-corrected chi connectivity index (χ2v) is 3.33. The average molecular weight is 206 g/mol. The number of ether oxygens (including phenoxy) is 2. The molecule has 0 aromatic heterocycles. The van der Waals surface area contributed by atoms with E-state index in [1.165, 1.54) is 0 Å². The normalized spacial score (nSPS) is 20.2. The van der Waals surface area contributed by atoms with Crippen molar-refractivity contribution in [1.29, 1.82) is 0 Å². The second-order valence-electron chi connectivity index (χ2n) is 3.33. The topological polar surface area (TPSA) is 52.6 Å². The molecule has 0 N–H and O–H groups in total. The van der Waals surface area contributed by atoms with E-state index in [-0.39, 0.29) is 6.42 Å². The molecule has 1 atom stereocenters. The van der Waals surface area contributed by atoms with E-state index in [2.05, 4.69) is 4.74 Å². The Kier molecular flexibility index (Phi) is 2.41. The molecule has 0 bridgehead atoms. The van der Waals surface area contributed by atoms with Gasteiger partial charge in [0.1, 0.15) is 5.75 Å². The van der Waals surface area contributed by atoms with E-state index in [4.69, 9.17) is 4.74 Å². The van der Waals surface area contributed by atoms with Crippen molar-refractivity contribution in [2.75, 3.05) is 7.11 Å². The molecule has 2 rings (SSSR count). The summed E-state index contributed by atoms with van der Waals surface area (Å²) in [5.74, 6) is -0.756. The van der Waals surface area contributed by atoms with Crippen molar-refractivity contribution in [1.82, 2.24) is 0 Å². The van der Waals surface area contributed by atoms with Gasteiger partial charge in [0.15, 0.2) is 0 Å². The highest BCUT2D eigenvalue weighted by Crippen LogP contribution is 2.29. The van der Waals surface area contributed by atoms with Crippen LogP contribution in [0.25, 0.3) is 0 Å². The average Bonchev–Trinajstić information content (AvgIpc) is 2.58. The predicted octanol–water partition coefficient (Wildman–Crippen LogP) is 1.25. The molecule has 1 aromatic carbocycles. The number of esters is 2. The molecule has 0 radical (unpaired) electrons. The van der Waals surface area contributed by atoms with Crippen LogP contribution in [0.4, 0.5) is 0 Å². The molecule has 1 saturated heterocycles. The summed E-state index contributed by atoms with van der Waals surface area (Å²) >= 11 is 0. The first-order chi connectivity index (χ1) is 7.20. The van der Waals surface area contributed by atoms with Gasteiger partial charge in [-0.15, -0.1) is 0 Å². The number of hydrogen-bond acceptors (Lipinski definition) is 4. The molecular formula is C11H10O4. The summed E-state index contributed by atoms with van der Waals surface area (Å²) in [6, 6.07) is 7.09. The fraction of sp³-hybridized carbons (Fsp3) is 0.273. The van der Waals surface area contributed by atoms with Gasteiger partial charge in [-0.1, -0.05) is 12.1 Å². The molecule has 1 aliphatic rings. The van der Waals surface area contributed by atoms with Crippen molar-refractivity contribution in [3.63, 3.8) is 0 Å². The van der Waals surface area contributed by atoms with Gasteiger partial charge in [0.25, 0.3) is 0 Å². The van der Waals surface area contributed by atoms with Gasteiger partial charge >= 0.3 is 11.9 Å². The Morgan fingerprint density at radius 2 is 2.20 bits per heavy atom. The monoisotopic (exact) mass is 206 g/mol. The molecule has 1 heterocycles. The summed E-state index contributed by atoms with van der Waals surface area (Å²) in [6.07, 6.45) is 0.117. The molecule has 4 nitrogen and oxygen atoms in total. The van der Waals surface area contributed by atoms with E-state index in [0.29, 0.717) is 5.75 Å². The summed E-state index contributed by atoms with van der Waals surface area (Å²) in [6.45, 7) is 0. The van der Waals surface area contributed by atoms with Gasteiger partial charge < -0.3 is 9.47 Å². The molecule has 78 valence electrons. The lowest BCUT2D eigenvalue weighted by Crippen LogP contribution is -2.05. The Morgan fingerprint density at radius 3 is 2.80 bits per heavy atom. The van der Waals surface area contributed by atoms with E-state index in [9.17, 15) is 9.59 Å². The van der Waals surface area contributed by atoms with E-state index >= 15 is 0 Å². The molecular weight excluding hydrogens is 196 g/mol. The second kappa shape index (κ2) is 3.73. The number of benzene rings is 1. The predicted molar refractivity (Wildman–Crippen MR) is 51.5 cm³/mol. The van der Waals surface area contributed by atoms with Gasteiger partial charge in [0.05, 0.1) is 19.4 Å². The van der Waals surface area contributed by atoms with Crippen LogP contribution in [0.15, 0.2) is 24.3 Å². The zero-order valence-corrected chi connectivity index (χ0v) is 8.23. The quantitative estimate of drug-likeness (QED) is 0.539. The van der Waals surface area contributed by atoms with Crippen LogP contribution in [0, 0.1) is 0 Å². The summed E-state index contributed by atoms with van der Waals surface area (Å²) in [5.41, 5.74) is 0.755. The maximum Gasteiger partial charge on any atom is 0.321 e. The molecule has 0 spiro atoms. The smallest absolute Gasteiger partial charge is 0.321 e. The lowest BCUT2D eigenvalue weighted by atomic mass is 9.98. The Bertz CT molecular complexity index is 411. The van der Waals surface area contributed by atoms with E-state index in [1.54, 1.807) is 31.4 Å². The SMILES string of the molecule is COc1cccc([C@H]2CC(=O)OC2=O)c1. The molecule has 0 amide bonds. The molecule has 0 saturated carbocycles. The van der Waals surface area contributed by atoms with Gasteiger partial charge in [-0.3, -0.25) is 9.59 Å². The van der Waals surface area contributed by atoms with Crippen molar-refractivity contribution >= 4 is 11.9 Å². The standard InChI is InChI=1S/C11H10O4/c1-14-8-4-2-3-7(5-8)9-6-10(12)15-11(9)13/h2-5,9H,6H2,1H3/t9-/m1/s1. The largest absolute Gasteiger partial charge is 0.497 e. The van der Waals surface area contributed by atoms with Crippen LogP contribution < -0.4 is 4.74 Å². The van der Waals surface area contributed by atoms with Crippen molar-refractivity contribution < 1.29 is 19.1 Å². The lowest BCUT2D eigenvalue weighted by molar-refractivity contribution is -0.152. The van der Waals surface area contributed by atoms with Crippen LogP contribution in [0.2, 0.25) is 0 Å². The first kappa shape index (κ1) is 9.71. The van der Waals surface area contributed by atoms with Gasteiger partial charge in [-0.2, -0.15) is 0 Å². The summed E-state index contributed by atoms with van der Waals surface area (Å²) in [4.78, 5) is 22.2. The van der Waals surface area contributed by atoms with Gasteiger partial charge in [0, 0.05) is 0 Å². The molecule has 1 aliphatic heterocycles. The minimum absolute atomic E-state index is 0.117. The van der Waals surface area contributed by atoms with E-state index in [0.717, 1.165) is 5.56 Å². The van der Waals surface area contributed by atoms with Crippen LogP contribution in [0.1, 0.15) is 17.9 Å². The van der Waals surface area contributed by atoms with Crippen molar-refractivity contribution in [2.24, 2.45) is 0 Å². The zero-order valence-electron chi connectivity index (χ0n) is 8.23. The minimum Gasteiger partial charge on any atom is -0.497 e. The number of hydrogen-bond donors (Lipinski definition) is 0. The Balaban J connectivity index is 2.29. The van der Waals surface area contributed by atoms with Crippen LogP contribution >= 0.6 is 0 Å². The molecule has 1 fully saturated rings. The first-order valence-corrected chi connectivity index (χ1v) is 4.59. The Labute approximate surface area is 86.8 Å². The van der Waals surface area contributed by atoms with Crippen molar-refractivity contribution in [3.8, 4) is 5.75 Å². The molecule has 1 aromatic rings. The highest BCUT2D eigenvalue weighted by molar-refractivity contribution is 5.97. The third-order valence-electron chi connectivity index (χ3n) is 2.37.